The SMILES string of the molecule is O=C1[C@@H](OCc2ccccc2)CCCC2=CCON1C2. The van der Waals surface area contributed by atoms with Gasteiger partial charge in [-0.25, -0.2) is 5.06 Å². The van der Waals surface area contributed by atoms with Gasteiger partial charge in [-0.3, -0.25) is 9.63 Å². The van der Waals surface area contributed by atoms with Crippen molar-refractivity contribution in [1.29, 1.82) is 0 Å². The van der Waals surface area contributed by atoms with Crippen molar-refractivity contribution in [3.63, 3.8) is 0 Å². The van der Waals surface area contributed by atoms with Gasteiger partial charge >= 0.3 is 0 Å². The molecule has 106 valence electrons. The molecule has 1 saturated heterocycles. The zero-order chi connectivity index (χ0) is 13.8. The van der Waals surface area contributed by atoms with E-state index in [4.69, 9.17) is 9.57 Å². The first-order valence-corrected chi connectivity index (χ1v) is 7.10. The largest absolute Gasteiger partial charge is 0.364 e. The van der Waals surface area contributed by atoms with Gasteiger partial charge in [-0.05, 0) is 30.4 Å². The third kappa shape index (κ3) is 3.08. The van der Waals surface area contributed by atoms with E-state index in [2.05, 4.69) is 6.08 Å². The molecule has 3 rings (SSSR count). The molecule has 0 unspecified atom stereocenters. The molecule has 2 aliphatic heterocycles. The van der Waals surface area contributed by atoms with Crippen LogP contribution >= 0.6 is 0 Å². The summed E-state index contributed by atoms with van der Waals surface area (Å²) < 4.78 is 5.82. The van der Waals surface area contributed by atoms with Gasteiger partial charge in [0.05, 0.1) is 19.8 Å². The average Bonchev–Trinajstić information content (AvgIpc) is 2.50. The summed E-state index contributed by atoms with van der Waals surface area (Å²) in [5.74, 6) is -0.0498. The Hall–Kier alpha value is -1.65. The topological polar surface area (TPSA) is 38.8 Å². The summed E-state index contributed by atoms with van der Waals surface area (Å²) in [5.41, 5.74) is 2.38. The van der Waals surface area contributed by atoms with E-state index in [1.54, 1.807) is 0 Å². The van der Waals surface area contributed by atoms with Gasteiger partial charge in [-0.2, -0.15) is 0 Å². The number of ether oxygens (including phenoxy) is 1. The zero-order valence-corrected chi connectivity index (χ0v) is 11.5. The molecule has 2 heterocycles. The van der Waals surface area contributed by atoms with Gasteiger partial charge in [0, 0.05) is 0 Å². The van der Waals surface area contributed by atoms with Crippen molar-refractivity contribution >= 4 is 5.91 Å². The maximum absolute atomic E-state index is 12.4. The zero-order valence-electron chi connectivity index (χ0n) is 11.5. The van der Waals surface area contributed by atoms with E-state index < -0.39 is 6.10 Å². The van der Waals surface area contributed by atoms with Crippen molar-refractivity contribution < 1.29 is 14.4 Å². The summed E-state index contributed by atoms with van der Waals surface area (Å²) in [4.78, 5) is 17.8. The number of hydroxylamine groups is 2. The first-order chi connectivity index (χ1) is 9.83. The van der Waals surface area contributed by atoms with Crippen LogP contribution in [0, 0.1) is 0 Å². The van der Waals surface area contributed by atoms with E-state index in [1.165, 1.54) is 10.6 Å². The summed E-state index contributed by atoms with van der Waals surface area (Å²) in [6, 6.07) is 9.93. The van der Waals surface area contributed by atoms with Gasteiger partial charge in [-0.15, -0.1) is 0 Å². The lowest BCUT2D eigenvalue weighted by Gasteiger charge is -2.32. The van der Waals surface area contributed by atoms with Crippen LogP contribution in [0.1, 0.15) is 24.8 Å². The van der Waals surface area contributed by atoms with Gasteiger partial charge in [0.2, 0.25) is 0 Å². The maximum Gasteiger partial charge on any atom is 0.275 e. The molecule has 20 heavy (non-hydrogen) atoms. The van der Waals surface area contributed by atoms with Crippen LogP contribution in [0.25, 0.3) is 0 Å². The lowest BCUT2D eigenvalue weighted by atomic mass is 10.0. The summed E-state index contributed by atoms with van der Waals surface area (Å²) >= 11 is 0. The monoisotopic (exact) mass is 273 g/mol. The molecule has 1 aromatic carbocycles. The van der Waals surface area contributed by atoms with Gasteiger partial charge in [0.25, 0.3) is 5.91 Å². The quantitative estimate of drug-likeness (QED) is 0.794. The van der Waals surface area contributed by atoms with Crippen LogP contribution in [0.4, 0.5) is 0 Å². The molecular formula is C16H19NO3. The molecule has 2 aliphatic rings. The van der Waals surface area contributed by atoms with Gasteiger partial charge in [0.15, 0.2) is 0 Å². The van der Waals surface area contributed by atoms with Crippen LogP contribution in [0.3, 0.4) is 0 Å². The lowest BCUT2D eigenvalue weighted by molar-refractivity contribution is -0.196. The Morgan fingerprint density at radius 2 is 2.15 bits per heavy atom. The van der Waals surface area contributed by atoms with E-state index in [9.17, 15) is 4.79 Å². The van der Waals surface area contributed by atoms with Crippen LogP contribution in [-0.2, 0) is 21.0 Å². The smallest absolute Gasteiger partial charge is 0.275 e. The number of carbonyl (C=O) groups excluding carboxylic acids is 1. The van der Waals surface area contributed by atoms with Crippen LogP contribution in [0.5, 0.6) is 0 Å². The Morgan fingerprint density at radius 3 is 3.00 bits per heavy atom. The maximum atomic E-state index is 12.4. The highest BCUT2D eigenvalue weighted by molar-refractivity contribution is 5.80. The summed E-state index contributed by atoms with van der Waals surface area (Å²) in [7, 11) is 0. The van der Waals surface area contributed by atoms with E-state index in [-0.39, 0.29) is 5.91 Å². The second-order valence-corrected chi connectivity index (χ2v) is 5.21. The number of rotatable bonds is 3. The molecule has 4 nitrogen and oxygen atoms in total. The average molecular weight is 273 g/mol. The third-order valence-electron chi connectivity index (χ3n) is 3.73. The van der Waals surface area contributed by atoms with Crippen molar-refractivity contribution in [1.82, 2.24) is 5.06 Å². The fourth-order valence-corrected chi connectivity index (χ4v) is 2.59. The molecule has 4 heteroatoms. The molecule has 2 bridgehead atoms. The molecule has 0 aromatic heterocycles. The number of carbonyl (C=O) groups is 1. The highest BCUT2D eigenvalue weighted by Crippen LogP contribution is 2.22. The first kappa shape index (κ1) is 13.3. The summed E-state index contributed by atoms with van der Waals surface area (Å²) in [6.45, 7) is 1.55. The van der Waals surface area contributed by atoms with Gasteiger partial charge < -0.3 is 4.74 Å². The Bertz CT molecular complexity index is 498. The minimum atomic E-state index is -0.394. The molecule has 1 amide bonds. The Kier molecular flexibility index (Phi) is 4.14. The predicted molar refractivity (Wildman–Crippen MR) is 74.6 cm³/mol. The van der Waals surface area contributed by atoms with Crippen LogP contribution in [0.2, 0.25) is 0 Å². The Balaban J connectivity index is 1.63. The lowest BCUT2D eigenvalue weighted by Crippen LogP contribution is -2.44. The molecule has 1 atom stereocenters. The molecule has 0 spiro atoms. The fraction of sp³-hybridized carbons (Fsp3) is 0.438. The third-order valence-corrected chi connectivity index (χ3v) is 3.73. The number of benzene rings is 1. The van der Waals surface area contributed by atoms with Crippen molar-refractivity contribution in [3.8, 4) is 0 Å². The first-order valence-electron chi connectivity index (χ1n) is 7.10. The fourth-order valence-electron chi connectivity index (χ4n) is 2.59. The molecule has 0 aliphatic carbocycles. The predicted octanol–water partition coefficient (Wildman–Crippen LogP) is 2.46. The van der Waals surface area contributed by atoms with Gasteiger partial charge in [0.1, 0.15) is 6.10 Å². The second-order valence-electron chi connectivity index (χ2n) is 5.21. The summed E-state index contributed by atoms with van der Waals surface area (Å²) in [5, 5.41) is 1.46. The van der Waals surface area contributed by atoms with E-state index in [0.717, 1.165) is 24.8 Å². The van der Waals surface area contributed by atoms with Crippen LogP contribution in [0.15, 0.2) is 42.0 Å². The standard InChI is InChI=1S/C16H19NO3/c18-16-15(19-12-14-5-2-1-3-6-14)8-4-7-13-9-10-20-17(16)11-13/h1-3,5-6,9,15H,4,7-8,10-12H2/t15-/m0/s1. The molecule has 1 fully saturated rings. The highest BCUT2D eigenvalue weighted by atomic mass is 16.7. The summed E-state index contributed by atoms with van der Waals surface area (Å²) in [6.07, 6.45) is 4.45. The van der Waals surface area contributed by atoms with E-state index in [1.807, 2.05) is 30.3 Å². The molecular weight excluding hydrogens is 254 g/mol. The Labute approximate surface area is 118 Å². The van der Waals surface area contributed by atoms with E-state index >= 15 is 0 Å². The van der Waals surface area contributed by atoms with Crippen LogP contribution < -0.4 is 0 Å². The molecule has 0 radical (unpaired) electrons. The second kappa shape index (κ2) is 6.20. The number of hydrogen-bond acceptors (Lipinski definition) is 3. The number of fused-ring (bicyclic) bond motifs is 2. The van der Waals surface area contributed by atoms with Crippen molar-refractivity contribution in [2.75, 3.05) is 13.2 Å². The van der Waals surface area contributed by atoms with Gasteiger partial charge in [-0.1, -0.05) is 36.4 Å². The van der Waals surface area contributed by atoms with E-state index in [0.29, 0.717) is 19.8 Å². The van der Waals surface area contributed by atoms with Crippen molar-refractivity contribution in [3.05, 3.63) is 47.5 Å². The Morgan fingerprint density at radius 1 is 1.30 bits per heavy atom. The molecule has 0 N–H and O–H groups in total. The number of amides is 1. The number of hydrogen-bond donors (Lipinski definition) is 0. The van der Waals surface area contributed by atoms with Crippen LogP contribution in [-0.4, -0.2) is 30.2 Å². The molecule has 1 aromatic rings. The molecule has 0 saturated carbocycles. The highest BCUT2D eigenvalue weighted by Gasteiger charge is 2.30. The normalized spacial score (nSPS) is 23.0. The van der Waals surface area contributed by atoms with Crippen molar-refractivity contribution in [2.24, 2.45) is 0 Å². The number of nitrogens with zero attached hydrogens (tertiary/aromatic N) is 1. The minimum absolute atomic E-state index is 0.0498. The minimum Gasteiger partial charge on any atom is -0.364 e. The van der Waals surface area contributed by atoms with Crippen molar-refractivity contribution in [2.45, 2.75) is 32.0 Å².